The second-order valence-corrected chi connectivity index (χ2v) is 7.74. The highest BCUT2D eigenvalue weighted by atomic mass is 127. The Hall–Kier alpha value is 0.240. The standard InChI is InChI=1S/C16H26F7I/c1-3-5-6-7-8-9-10-11-13(24)12(4-2)14(17,18)15(19,20)16(21,22)23/h12-13H,3-11H2,1-2H3. The van der Waals surface area contributed by atoms with E-state index in [-0.39, 0.29) is 6.42 Å². The Bertz CT molecular complexity index is 342. The fourth-order valence-corrected chi connectivity index (χ4v) is 4.06. The second-order valence-electron chi connectivity index (χ2n) is 6.14. The van der Waals surface area contributed by atoms with Crippen LogP contribution < -0.4 is 0 Å². The molecule has 8 heteroatoms. The van der Waals surface area contributed by atoms with Gasteiger partial charge in [-0.3, -0.25) is 0 Å². The first-order valence-electron chi connectivity index (χ1n) is 8.39. The largest absolute Gasteiger partial charge is 0.459 e. The normalized spacial score (nSPS) is 16.2. The molecule has 0 nitrogen and oxygen atoms in total. The van der Waals surface area contributed by atoms with Gasteiger partial charge in [0.15, 0.2) is 0 Å². The second kappa shape index (κ2) is 10.4. The summed E-state index contributed by atoms with van der Waals surface area (Å²) in [4.78, 5) is 0. The molecule has 0 spiro atoms. The molecule has 24 heavy (non-hydrogen) atoms. The summed E-state index contributed by atoms with van der Waals surface area (Å²) in [5.41, 5.74) is 0. The third-order valence-corrected chi connectivity index (χ3v) is 5.69. The van der Waals surface area contributed by atoms with Gasteiger partial charge in [0.2, 0.25) is 0 Å². The fraction of sp³-hybridized carbons (Fsp3) is 1.00. The summed E-state index contributed by atoms with van der Waals surface area (Å²) in [5.74, 6) is -13.1. The molecule has 0 aliphatic heterocycles. The monoisotopic (exact) mass is 478 g/mol. The first-order valence-corrected chi connectivity index (χ1v) is 9.64. The van der Waals surface area contributed by atoms with Crippen LogP contribution in [0, 0.1) is 5.92 Å². The predicted molar refractivity (Wildman–Crippen MR) is 90.1 cm³/mol. The third-order valence-electron chi connectivity index (χ3n) is 4.20. The Labute approximate surface area is 153 Å². The first-order chi connectivity index (χ1) is 10.9. The number of hydrogen-bond acceptors (Lipinski definition) is 0. The maximum Gasteiger partial charge on any atom is 0.459 e. The Kier molecular flexibility index (Phi) is 10.5. The summed E-state index contributed by atoms with van der Waals surface area (Å²) < 4.78 is 90.1. The van der Waals surface area contributed by atoms with Gasteiger partial charge in [-0.15, -0.1) is 0 Å². The number of alkyl halides is 8. The Morgan fingerprint density at radius 1 is 0.750 bits per heavy atom. The molecule has 0 heterocycles. The SMILES string of the molecule is CCCCCCCCCC(I)C(CC)C(F)(F)C(F)(F)C(F)(F)F. The number of hydrogen-bond donors (Lipinski definition) is 0. The summed E-state index contributed by atoms with van der Waals surface area (Å²) in [6, 6.07) is 0. The van der Waals surface area contributed by atoms with Crippen LogP contribution in [0.2, 0.25) is 0 Å². The van der Waals surface area contributed by atoms with E-state index >= 15 is 0 Å². The maximum atomic E-state index is 13.9. The van der Waals surface area contributed by atoms with Crippen molar-refractivity contribution in [3.63, 3.8) is 0 Å². The van der Waals surface area contributed by atoms with E-state index in [1.165, 1.54) is 6.92 Å². The molecular formula is C16H26F7I. The van der Waals surface area contributed by atoms with Crippen LogP contribution in [0.25, 0.3) is 0 Å². The molecule has 0 fully saturated rings. The van der Waals surface area contributed by atoms with Gasteiger partial charge in [0.25, 0.3) is 0 Å². The molecule has 146 valence electrons. The summed E-state index contributed by atoms with van der Waals surface area (Å²) in [5, 5.41) is 0. The van der Waals surface area contributed by atoms with Gasteiger partial charge in [0.05, 0.1) is 0 Å². The number of halogens is 8. The molecule has 0 aliphatic rings. The van der Waals surface area contributed by atoms with Gasteiger partial charge in [0.1, 0.15) is 0 Å². The van der Waals surface area contributed by atoms with Gasteiger partial charge in [-0.25, -0.2) is 0 Å². The predicted octanol–water partition coefficient (Wildman–Crippen LogP) is 7.79. The molecular weight excluding hydrogens is 452 g/mol. The molecule has 2 unspecified atom stereocenters. The van der Waals surface area contributed by atoms with Crippen LogP contribution in [0.15, 0.2) is 0 Å². The molecule has 0 aromatic rings. The summed E-state index contributed by atoms with van der Waals surface area (Å²) >= 11 is 1.59. The van der Waals surface area contributed by atoms with E-state index < -0.39 is 34.3 Å². The van der Waals surface area contributed by atoms with Gasteiger partial charge >= 0.3 is 18.0 Å². The summed E-state index contributed by atoms with van der Waals surface area (Å²) in [6.07, 6.45) is 0.164. The lowest BCUT2D eigenvalue weighted by atomic mass is 9.87. The van der Waals surface area contributed by atoms with Gasteiger partial charge in [0, 0.05) is 9.84 Å². The van der Waals surface area contributed by atoms with E-state index in [0.29, 0.717) is 6.42 Å². The first kappa shape index (κ1) is 24.2. The van der Waals surface area contributed by atoms with Crippen molar-refractivity contribution in [2.45, 2.75) is 93.6 Å². The van der Waals surface area contributed by atoms with Crippen LogP contribution in [-0.2, 0) is 0 Å². The van der Waals surface area contributed by atoms with Gasteiger partial charge < -0.3 is 0 Å². The van der Waals surface area contributed by atoms with Crippen LogP contribution in [-0.4, -0.2) is 21.9 Å². The van der Waals surface area contributed by atoms with Crippen molar-refractivity contribution in [2.75, 3.05) is 0 Å². The topological polar surface area (TPSA) is 0 Å². The number of unbranched alkanes of at least 4 members (excludes halogenated alkanes) is 6. The van der Waals surface area contributed by atoms with Crippen molar-refractivity contribution in [2.24, 2.45) is 5.92 Å². The summed E-state index contributed by atoms with van der Waals surface area (Å²) in [6.45, 7) is 3.31. The molecule has 0 bridgehead atoms. The lowest BCUT2D eigenvalue weighted by Crippen LogP contribution is -2.57. The lowest BCUT2D eigenvalue weighted by molar-refractivity contribution is -0.365. The minimum atomic E-state index is -6.25. The van der Waals surface area contributed by atoms with E-state index in [1.807, 2.05) is 0 Å². The lowest BCUT2D eigenvalue weighted by Gasteiger charge is -2.36. The Morgan fingerprint density at radius 2 is 1.21 bits per heavy atom. The molecule has 2 atom stereocenters. The molecule has 0 aromatic heterocycles. The van der Waals surface area contributed by atoms with Gasteiger partial charge in [-0.2, -0.15) is 30.7 Å². The molecule has 0 aliphatic carbocycles. The van der Waals surface area contributed by atoms with Crippen molar-refractivity contribution in [1.29, 1.82) is 0 Å². The van der Waals surface area contributed by atoms with E-state index in [1.54, 1.807) is 22.6 Å². The highest BCUT2D eigenvalue weighted by Crippen LogP contribution is 2.52. The van der Waals surface area contributed by atoms with Crippen molar-refractivity contribution in [3.05, 3.63) is 0 Å². The van der Waals surface area contributed by atoms with Gasteiger partial charge in [-0.05, 0) is 12.8 Å². The smallest absolute Gasteiger partial charge is 0.199 e. The average Bonchev–Trinajstić information content (AvgIpc) is 2.45. The zero-order valence-electron chi connectivity index (χ0n) is 14.0. The maximum absolute atomic E-state index is 13.9. The van der Waals surface area contributed by atoms with E-state index in [9.17, 15) is 30.7 Å². The quantitative estimate of drug-likeness (QED) is 0.116. The van der Waals surface area contributed by atoms with Crippen molar-refractivity contribution in [3.8, 4) is 0 Å². The minimum absolute atomic E-state index is 0.219. The van der Waals surface area contributed by atoms with Crippen molar-refractivity contribution in [1.82, 2.24) is 0 Å². The highest BCUT2D eigenvalue weighted by Gasteiger charge is 2.75. The average molecular weight is 478 g/mol. The third kappa shape index (κ3) is 6.52. The molecule has 0 amide bonds. The van der Waals surface area contributed by atoms with Crippen LogP contribution in [0.3, 0.4) is 0 Å². The highest BCUT2D eigenvalue weighted by molar-refractivity contribution is 14.1. The van der Waals surface area contributed by atoms with Gasteiger partial charge in [-0.1, -0.05) is 81.4 Å². The van der Waals surface area contributed by atoms with Crippen LogP contribution in [0.4, 0.5) is 30.7 Å². The van der Waals surface area contributed by atoms with E-state index in [2.05, 4.69) is 6.92 Å². The van der Waals surface area contributed by atoms with Crippen molar-refractivity contribution < 1.29 is 30.7 Å². The van der Waals surface area contributed by atoms with E-state index in [4.69, 9.17) is 0 Å². The fourth-order valence-electron chi connectivity index (χ4n) is 2.66. The molecule has 0 N–H and O–H groups in total. The molecule has 0 rings (SSSR count). The Balaban J connectivity index is 4.60. The zero-order valence-corrected chi connectivity index (χ0v) is 16.2. The van der Waals surface area contributed by atoms with Crippen LogP contribution >= 0.6 is 22.6 Å². The van der Waals surface area contributed by atoms with Crippen molar-refractivity contribution >= 4 is 22.6 Å². The molecule has 0 radical (unpaired) electrons. The Morgan fingerprint density at radius 3 is 1.62 bits per heavy atom. The van der Waals surface area contributed by atoms with E-state index in [0.717, 1.165) is 38.5 Å². The van der Waals surface area contributed by atoms with Crippen LogP contribution in [0.5, 0.6) is 0 Å². The number of rotatable bonds is 12. The van der Waals surface area contributed by atoms with Crippen LogP contribution in [0.1, 0.15) is 71.6 Å². The molecule has 0 saturated heterocycles. The minimum Gasteiger partial charge on any atom is -0.199 e. The summed E-state index contributed by atoms with van der Waals surface area (Å²) in [7, 11) is 0. The zero-order chi connectivity index (χ0) is 19.0. The molecule has 0 saturated carbocycles. The molecule has 0 aromatic carbocycles.